The average molecular weight is 278 g/mol. The van der Waals surface area contributed by atoms with Crippen LogP contribution in [0, 0.1) is 0 Å². The minimum atomic E-state index is -0.319. The summed E-state index contributed by atoms with van der Waals surface area (Å²) in [5, 5.41) is 34.9. The van der Waals surface area contributed by atoms with Gasteiger partial charge in [-0.15, -0.1) is 0 Å². The van der Waals surface area contributed by atoms with Gasteiger partial charge in [0, 0.05) is 13.2 Å². The van der Waals surface area contributed by atoms with Crippen molar-refractivity contribution in [2.45, 2.75) is 83.8 Å². The molecule has 4 nitrogen and oxygen atoms in total. The zero-order valence-electron chi connectivity index (χ0n) is 12.7. The summed E-state index contributed by atoms with van der Waals surface area (Å²) in [6, 6.07) is 0. The van der Waals surface area contributed by atoms with E-state index < -0.39 is 0 Å². The van der Waals surface area contributed by atoms with E-state index >= 15 is 0 Å². The molecule has 0 aliphatic heterocycles. The van der Waals surface area contributed by atoms with Gasteiger partial charge in [0.15, 0.2) is 0 Å². The zero-order valence-corrected chi connectivity index (χ0v) is 12.7. The fraction of sp³-hybridized carbons (Fsp3) is 1.00. The third-order valence-electron chi connectivity index (χ3n) is 3.05. The van der Waals surface area contributed by atoms with Crippen molar-refractivity contribution in [2.75, 3.05) is 13.2 Å². The molecule has 0 heterocycles. The van der Waals surface area contributed by atoms with E-state index in [0.29, 0.717) is 19.6 Å². The van der Waals surface area contributed by atoms with Gasteiger partial charge in [0.2, 0.25) is 0 Å². The smallest absolute Gasteiger partial charge is 0.0562 e. The predicted molar refractivity (Wildman–Crippen MR) is 79.1 cm³/mol. The Morgan fingerprint density at radius 2 is 0.947 bits per heavy atom. The molecular weight excluding hydrogens is 244 g/mol. The minimum absolute atomic E-state index is 0.319. The van der Waals surface area contributed by atoms with Crippen LogP contribution in [0.5, 0.6) is 0 Å². The lowest BCUT2D eigenvalue weighted by atomic mass is 10.1. The second-order valence-corrected chi connectivity index (χ2v) is 4.93. The molecule has 0 radical (unpaired) electrons. The topological polar surface area (TPSA) is 80.9 Å². The molecular formula is C15H34O4. The van der Waals surface area contributed by atoms with Crippen LogP contribution in [0.4, 0.5) is 0 Å². The Bertz CT molecular complexity index is 137. The Hall–Kier alpha value is -0.160. The molecule has 2 atom stereocenters. The Kier molecular flexibility index (Phi) is 19.9. The number of hydrogen-bond acceptors (Lipinski definition) is 4. The van der Waals surface area contributed by atoms with Gasteiger partial charge in [0.1, 0.15) is 0 Å². The van der Waals surface area contributed by atoms with Gasteiger partial charge >= 0.3 is 0 Å². The van der Waals surface area contributed by atoms with Crippen molar-refractivity contribution in [1.29, 1.82) is 0 Å². The highest BCUT2D eigenvalue weighted by Gasteiger charge is 2.06. The van der Waals surface area contributed by atoms with Crippen molar-refractivity contribution in [1.82, 2.24) is 0 Å². The second-order valence-electron chi connectivity index (χ2n) is 4.93. The number of rotatable bonds is 11. The molecule has 0 saturated heterocycles. The van der Waals surface area contributed by atoms with Crippen LogP contribution in [0.1, 0.15) is 71.6 Å². The highest BCUT2D eigenvalue weighted by atomic mass is 16.3. The van der Waals surface area contributed by atoms with Crippen molar-refractivity contribution < 1.29 is 20.4 Å². The van der Waals surface area contributed by atoms with E-state index in [-0.39, 0.29) is 12.2 Å². The molecule has 0 fully saturated rings. The summed E-state index contributed by atoms with van der Waals surface area (Å²) in [6.45, 7) is 4.46. The van der Waals surface area contributed by atoms with Crippen LogP contribution in [0.3, 0.4) is 0 Å². The summed E-state index contributed by atoms with van der Waals surface area (Å²) in [6.07, 6.45) is 7.85. The Morgan fingerprint density at radius 3 is 1.21 bits per heavy atom. The maximum absolute atomic E-state index is 9.00. The average Bonchev–Trinajstić information content (AvgIpc) is 2.43. The lowest BCUT2D eigenvalue weighted by Crippen LogP contribution is -2.15. The fourth-order valence-electron chi connectivity index (χ4n) is 1.58. The van der Waals surface area contributed by atoms with E-state index in [9.17, 15) is 0 Å². The summed E-state index contributed by atoms with van der Waals surface area (Å²) in [5.41, 5.74) is 0. The molecule has 0 spiro atoms. The van der Waals surface area contributed by atoms with Crippen molar-refractivity contribution in [3.8, 4) is 0 Å². The molecule has 2 unspecified atom stereocenters. The molecule has 19 heavy (non-hydrogen) atoms. The first-order valence-electron chi connectivity index (χ1n) is 7.70. The second kappa shape index (κ2) is 17.8. The molecule has 4 heteroatoms. The molecule has 4 N–H and O–H groups in total. The number of hydrogen-bond donors (Lipinski definition) is 4. The molecule has 0 aromatic rings. The predicted octanol–water partition coefficient (Wildman–Crippen LogP) is 2.23. The number of aliphatic hydroxyl groups is 4. The fourth-order valence-corrected chi connectivity index (χ4v) is 1.58. The molecule has 0 saturated carbocycles. The number of unbranched alkanes of at least 4 members (excludes halogenated alkanes) is 5. The summed E-state index contributed by atoms with van der Waals surface area (Å²) >= 11 is 0. The van der Waals surface area contributed by atoms with Crippen LogP contribution in [-0.4, -0.2) is 45.8 Å². The molecule has 0 amide bonds. The van der Waals surface area contributed by atoms with Crippen LogP contribution in [0.15, 0.2) is 0 Å². The van der Waals surface area contributed by atoms with Gasteiger partial charge in [-0.2, -0.15) is 0 Å². The molecule has 0 aromatic carbocycles. The van der Waals surface area contributed by atoms with Crippen LogP contribution < -0.4 is 0 Å². The summed E-state index contributed by atoms with van der Waals surface area (Å²) in [4.78, 5) is 0. The van der Waals surface area contributed by atoms with Crippen molar-refractivity contribution in [2.24, 2.45) is 0 Å². The molecule has 0 rings (SSSR count). The van der Waals surface area contributed by atoms with E-state index in [4.69, 9.17) is 20.4 Å². The van der Waals surface area contributed by atoms with E-state index in [1.54, 1.807) is 0 Å². The molecule has 0 aliphatic rings. The summed E-state index contributed by atoms with van der Waals surface area (Å²) < 4.78 is 0. The van der Waals surface area contributed by atoms with E-state index in [2.05, 4.69) is 0 Å². The van der Waals surface area contributed by atoms with Crippen LogP contribution in [0.2, 0.25) is 0 Å². The molecule has 0 bridgehead atoms. The number of aliphatic hydroxyl groups excluding tert-OH is 4. The Balaban J connectivity index is 0. The largest absolute Gasteiger partial charge is 0.396 e. The maximum atomic E-state index is 9.00. The SMILES string of the molecule is CCC(O)CC(O)CC.OCCCCCCCCO. The third-order valence-corrected chi connectivity index (χ3v) is 3.05. The molecule has 118 valence electrons. The van der Waals surface area contributed by atoms with Crippen LogP contribution in [-0.2, 0) is 0 Å². The van der Waals surface area contributed by atoms with Crippen molar-refractivity contribution in [3.63, 3.8) is 0 Å². The lowest BCUT2D eigenvalue weighted by Gasteiger charge is -2.11. The van der Waals surface area contributed by atoms with Gasteiger partial charge in [-0.1, -0.05) is 39.5 Å². The van der Waals surface area contributed by atoms with E-state index in [1.165, 1.54) is 12.8 Å². The zero-order chi connectivity index (χ0) is 14.9. The first-order valence-corrected chi connectivity index (χ1v) is 7.70. The highest BCUT2D eigenvalue weighted by Crippen LogP contribution is 2.04. The normalized spacial score (nSPS) is 13.6. The molecule has 0 aliphatic carbocycles. The first kappa shape index (κ1) is 21.1. The van der Waals surface area contributed by atoms with Crippen LogP contribution >= 0.6 is 0 Å². The first-order chi connectivity index (χ1) is 9.12. The van der Waals surface area contributed by atoms with Gasteiger partial charge in [0.25, 0.3) is 0 Å². The summed E-state index contributed by atoms with van der Waals surface area (Å²) in [7, 11) is 0. The monoisotopic (exact) mass is 278 g/mol. The van der Waals surface area contributed by atoms with Gasteiger partial charge in [-0.05, 0) is 32.1 Å². The standard InChI is InChI=1S/C8H18O2.C7H16O2/c9-7-5-3-1-2-4-6-8-10;1-3-6(8)5-7(9)4-2/h9-10H,1-8H2;6-9H,3-5H2,1-2H3. The Labute approximate surface area is 118 Å². The van der Waals surface area contributed by atoms with Crippen molar-refractivity contribution >= 4 is 0 Å². The molecule has 0 aromatic heterocycles. The van der Waals surface area contributed by atoms with Gasteiger partial charge < -0.3 is 20.4 Å². The van der Waals surface area contributed by atoms with Gasteiger partial charge in [-0.25, -0.2) is 0 Å². The highest BCUT2D eigenvalue weighted by molar-refractivity contribution is 4.59. The van der Waals surface area contributed by atoms with Gasteiger partial charge in [-0.3, -0.25) is 0 Å². The quantitative estimate of drug-likeness (QED) is 0.437. The third kappa shape index (κ3) is 20.3. The van der Waals surface area contributed by atoms with E-state index in [1.807, 2.05) is 13.8 Å². The van der Waals surface area contributed by atoms with Crippen molar-refractivity contribution in [3.05, 3.63) is 0 Å². The van der Waals surface area contributed by atoms with Crippen LogP contribution in [0.25, 0.3) is 0 Å². The Morgan fingerprint density at radius 1 is 0.632 bits per heavy atom. The maximum Gasteiger partial charge on any atom is 0.0562 e. The van der Waals surface area contributed by atoms with E-state index in [0.717, 1.165) is 38.5 Å². The van der Waals surface area contributed by atoms with Gasteiger partial charge in [0.05, 0.1) is 12.2 Å². The summed E-state index contributed by atoms with van der Waals surface area (Å²) in [5.74, 6) is 0. The lowest BCUT2D eigenvalue weighted by molar-refractivity contribution is 0.0765. The minimum Gasteiger partial charge on any atom is -0.396 e.